The zero-order chi connectivity index (χ0) is 21.9. The highest BCUT2D eigenvalue weighted by molar-refractivity contribution is 7.80. The number of nitrogens with two attached hydrogens (primary N) is 1. The lowest BCUT2D eigenvalue weighted by molar-refractivity contribution is -0.137. The second-order valence-electron chi connectivity index (χ2n) is 7.01. The van der Waals surface area contributed by atoms with Gasteiger partial charge >= 0.3 is 5.97 Å². The van der Waals surface area contributed by atoms with E-state index < -0.39 is 24.0 Å². The first-order chi connectivity index (χ1) is 13.9. The van der Waals surface area contributed by atoms with Gasteiger partial charge in [0.1, 0.15) is 0 Å². The summed E-state index contributed by atoms with van der Waals surface area (Å²) in [6.45, 7) is 2.19. The second kappa shape index (κ2) is 18.4. The lowest BCUT2D eigenvalue weighted by Gasteiger charge is -2.23. The van der Waals surface area contributed by atoms with Crippen LogP contribution in [0.4, 0.5) is 0 Å². The van der Waals surface area contributed by atoms with Crippen molar-refractivity contribution < 1.29 is 19.8 Å². The monoisotopic (exact) mass is 423 g/mol. The van der Waals surface area contributed by atoms with Crippen LogP contribution < -0.4 is 5.73 Å². The molecule has 0 aliphatic heterocycles. The number of thiol groups is 1. The molecule has 1 unspecified atom stereocenters. The number of hydrogen-bond donors (Lipinski definition) is 4. The molecule has 0 radical (unpaired) electrons. The highest BCUT2D eigenvalue weighted by Crippen LogP contribution is 2.18. The molecule has 4 N–H and O–H groups in total. The maximum absolute atomic E-state index is 12.4. The molecule has 0 aromatic carbocycles. The van der Waals surface area contributed by atoms with Crippen LogP contribution in [0.5, 0.6) is 0 Å². The van der Waals surface area contributed by atoms with Gasteiger partial charge in [0.2, 0.25) is 0 Å². The van der Waals surface area contributed by atoms with Gasteiger partial charge < -0.3 is 15.9 Å². The Bertz CT molecular complexity index is 569. The number of aliphatic hydroxyl groups is 1. The summed E-state index contributed by atoms with van der Waals surface area (Å²) in [6, 6.07) is -0.742. The number of allylic oxidation sites excluding steroid dienone is 8. The summed E-state index contributed by atoms with van der Waals surface area (Å²) in [4.78, 5) is 23.1. The Morgan fingerprint density at radius 2 is 1.62 bits per heavy atom. The molecule has 0 bridgehead atoms. The number of carbonyl (C=O) groups excluding carboxylic acids is 1. The van der Waals surface area contributed by atoms with Gasteiger partial charge in [-0.05, 0) is 32.1 Å². The number of hydrogen-bond acceptors (Lipinski definition) is 5. The standard InChI is InChI=1S/C23H37NO4S/c1-2-3-4-5-6-7-8-9-10-11-12-13-15-19(23(28)20(24)18-29)21(25)16-14-17-22(26)27/h6-13,19-21,25,29H,2-5,14-18,24H2,1H3,(H,26,27)/b7-6-,9-8+,11-10-,13-12?/t19-,20?,21+/m0/s1. The Balaban J connectivity index is 4.55. The van der Waals surface area contributed by atoms with Crippen molar-refractivity contribution in [3.05, 3.63) is 48.6 Å². The first-order valence-electron chi connectivity index (χ1n) is 10.4. The lowest BCUT2D eigenvalue weighted by Crippen LogP contribution is -2.41. The minimum Gasteiger partial charge on any atom is -0.481 e. The van der Waals surface area contributed by atoms with Crippen molar-refractivity contribution in [2.45, 2.75) is 70.4 Å². The molecule has 0 saturated heterocycles. The van der Waals surface area contributed by atoms with E-state index >= 15 is 0 Å². The molecule has 0 heterocycles. The van der Waals surface area contributed by atoms with Crippen molar-refractivity contribution in [1.82, 2.24) is 0 Å². The van der Waals surface area contributed by atoms with E-state index in [2.05, 4.69) is 25.6 Å². The van der Waals surface area contributed by atoms with E-state index in [1.165, 1.54) is 19.3 Å². The van der Waals surface area contributed by atoms with E-state index in [1.807, 2.05) is 42.5 Å². The number of carboxylic acid groups (broad SMARTS) is 1. The van der Waals surface area contributed by atoms with Gasteiger partial charge in [0.05, 0.1) is 12.1 Å². The molecular formula is C23H37NO4S. The fraction of sp³-hybridized carbons (Fsp3) is 0.565. The van der Waals surface area contributed by atoms with Crippen LogP contribution in [-0.2, 0) is 9.59 Å². The Kier molecular flexibility index (Phi) is 17.4. The topological polar surface area (TPSA) is 101 Å². The quantitative estimate of drug-likeness (QED) is 0.159. The van der Waals surface area contributed by atoms with Crippen molar-refractivity contribution in [1.29, 1.82) is 0 Å². The highest BCUT2D eigenvalue weighted by Gasteiger charge is 2.28. The van der Waals surface area contributed by atoms with Gasteiger partial charge in [0, 0.05) is 18.1 Å². The fourth-order valence-electron chi connectivity index (χ4n) is 2.74. The molecule has 3 atom stereocenters. The lowest BCUT2D eigenvalue weighted by atomic mass is 9.87. The van der Waals surface area contributed by atoms with Gasteiger partial charge in [0.15, 0.2) is 5.78 Å². The number of aliphatic carboxylic acids is 1. The molecule has 164 valence electrons. The first-order valence-corrected chi connectivity index (χ1v) is 11.0. The van der Waals surface area contributed by atoms with E-state index in [0.29, 0.717) is 12.8 Å². The molecule has 0 saturated carbocycles. The van der Waals surface area contributed by atoms with E-state index in [9.17, 15) is 14.7 Å². The Morgan fingerprint density at radius 1 is 1.00 bits per heavy atom. The summed E-state index contributed by atoms with van der Waals surface area (Å²) in [5.74, 6) is -1.61. The van der Waals surface area contributed by atoms with Crippen LogP contribution in [0.2, 0.25) is 0 Å². The third-order valence-electron chi connectivity index (χ3n) is 4.47. The van der Waals surface area contributed by atoms with Crippen molar-refractivity contribution in [2.24, 2.45) is 11.7 Å². The van der Waals surface area contributed by atoms with Crippen LogP contribution in [0.15, 0.2) is 48.6 Å². The molecule has 0 aromatic heterocycles. The zero-order valence-electron chi connectivity index (χ0n) is 17.5. The Labute approximate surface area is 180 Å². The molecule has 0 spiro atoms. The van der Waals surface area contributed by atoms with E-state index in [4.69, 9.17) is 10.8 Å². The molecule has 6 heteroatoms. The van der Waals surface area contributed by atoms with Crippen LogP contribution in [0, 0.1) is 5.92 Å². The fourth-order valence-corrected chi connectivity index (χ4v) is 2.92. The predicted octanol–water partition coefficient (Wildman–Crippen LogP) is 4.24. The van der Waals surface area contributed by atoms with Crippen LogP contribution in [0.3, 0.4) is 0 Å². The number of carboxylic acids is 1. The molecule has 0 aliphatic rings. The largest absolute Gasteiger partial charge is 0.481 e. The number of rotatable bonds is 17. The summed E-state index contributed by atoms with van der Waals surface area (Å²) in [5, 5.41) is 19.1. The van der Waals surface area contributed by atoms with Gasteiger partial charge in [-0.25, -0.2) is 0 Å². The van der Waals surface area contributed by atoms with Gasteiger partial charge in [-0.1, -0.05) is 68.4 Å². The Morgan fingerprint density at radius 3 is 2.21 bits per heavy atom. The number of unbranched alkanes of at least 4 members (excludes halogenated alkanes) is 3. The number of Topliss-reactive ketones (excluding diaryl/α,β-unsaturated/α-hetero) is 1. The smallest absolute Gasteiger partial charge is 0.303 e. The summed E-state index contributed by atoms with van der Waals surface area (Å²) < 4.78 is 0. The predicted molar refractivity (Wildman–Crippen MR) is 123 cm³/mol. The molecule has 0 amide bonds. The Hall–Kier alpha value is -1.63. The van der Waals surface area contributed by atoms with Crippen molar-refractivity contribution >= 4 is 24.4 Å². The number of aliphatic hydroxyl groups excluding tert-OH is 1. The van der Waals surface area contributed by atoms with Crippen LogP contribution in [-0.4, -0.2) is 39.9 Å². The van der Waals surface area contributed by atoms with Crippen LogP contribution >= 0.6 is 12.6 Å². The SMILES string of the molecule is CCCCC\C=C/C=C/C=C\C=CC[C@H](C(=O)C(N)CS)[C@H](O)CCCC(=O)O. The second-order valence-corrected chi connectivity index (χ2v) is 7.37. The number of carbonyl (C=O) groups is 2. The van der Waals surface area contributed by atoms with E-state index in [-0.39, 0.29) is 24.4 Å². The van der Waals surface area contributed by atoms with E-state index in [0.717, 1.165) is 6.42 Å². The number of ketones is 1. The molecule has 0 aromatic rings. The third-order valence-corrected chi connectivity index (χ3v) is 4.87. The van der Waals surface area contributed by atoms with Gasteiger partial charge in [-0.2, -0.15) is 12.6 Å². The maximum atomic E-state index is 12.4. The van der Waals surface area contributed by atoms with Crippen molar-refractivity contribution in [2.75, 3.05) is 5.75 Å². The minimum absolute atomic E-state index is 0.0332. The van der Waals surface area contributed by atoms with Gasteiger partial charge in [-0.15, -0.1) is 0 Å². The molecular weight excluding hydrogens is 386 g/mol. The normalized spacial score (nSPS) is 15.6. The van der Waals surface area contributed by atoms with Crippen molar-refractivity contribution in [3.8, 4) is 0 Å². The van der Waals surface area contributed by atoms with Crippen LogP contribution in [0.1, 0.15) is 58.3 Å². The average Bonchev–Trinajstić information content (AvgIpc) is 2.70. The molecule has 0 aliphatic carbocycles. The zero-order valence-corrected chi connectivity index (χ0v) is 18.3. The first kappa shape index (κ1) is 27.4. The van der Waals surface area contributed by atoms with Gasteiger partial charge in [-0.3, -0.25) is 9.59 Å². The molecule has 0 fully saturated rings. The third kappa shape index (κ3) is 14.9. The van der Waals surface area contributed by atoms with Crippen LogP contribution in [0.25, 0.3) is 0 Å². The van der Waals surface area contributed by atoms with E-state index in [1.54, 1.807) is 0 Å². The summed E-state index contributed by atoms with van der Waals surface area (Å²) in [5.41, 5.74) is 5.78. The molecule has 5 nitrogen and oxygen atoms in total. The van der Waals surface area contributed by atoms with Crippen molar-refractivity contribution in [3.63, 3.8) is 0 Å². The molecule has 0 rings (SSSR count). The summed E-state index contributed by atoms with van der Waals surface area (Å²) in [7, 11) is 0. The molecule has 29 heavy (non-hydrogen) atoms. The minimum atomic E-state index is -0.917. The maximum Gasteiger partial charge on any atom is 0.303 e. The summed E-state index contributed by atoms with van der Waals surface area (Å²) in [6.07, 6.45) is 20.3. The highest BCUT2D eigenvalue weighted by atomic mass is 32.1. The van der Waals surface area contributed by atoms with Gasteiger partial charge in [0.25, 0.3) is 0 Å². The summed E-state index contributed by atoms with van der Waals surface area (Å²) >= 11 is 4.06. The average molecular weight is 424 g/mol.